The van der Waals surface area contributed by atoms with E-state index >= 15 is 0 Å². The van der Waals surface area contributed by atoms with Crippen molar-refractivity contribution in [3.8, 4) is 0 Å². The van der Waals surface area contributed by atoms with Gasteiger partial charge >= 0.3 is 5.97 Å². The van der Waals surface area contributed by atoms with Gasteiger partial charge in [0.05, 0.1) is 11.7 Å². The Balaban J connectivity index is 2.05. The number of anilines is 1. The molecular weight excluding hydrogens is 244 g/mol. The lowest BCUT2D eigenvalue weighted by atomic mass is 10.1. The zero-order chi connectivity index (χ0) is 13.8. The van der Waals surface area contributed by atoms with Gasteiger partial charge in [-0.2, -0.15) is 0 Å². The van der Waals surface area contributed by atoms with Gasteiger partial charge in [0.2, 0.25) is 0 Å². The molecule has 104 valence electrons. The molecule has 1 N–H and O–H groups in total. The first-order valence-electron chi connectivity index (χ1n) is 6.60. The standard InChI is InChI=1S/C14H20N2O3/c1-10-7-11(14(17)18)8-15-13(10)16(2)9-12-5-3-4-6-19-12/h7-8,12H,3-6,9H2,1-2H3,(H,17,18). The highest BCUT2D eigenvalue weighted by atomic mass is 16.5. The van der Waals surface area contributed by atoms with Crippen molar-refractivity contribution in [2.45, 2.75) is 32.3 Å². The predicted molar refractivity (Wildman–Crippen MR) is 72.8 cm³/mol. The van der Waals surface area contributed by atoms with Gasteiger partial charge in [-0.25, -0.2) is 9.78 Å². The molecule has 5 nitrogen and oxygen atoms in total. The zero-order valence-corrected chi connectivity index (χ0v) is 11.4. The highest BCUT2D eigenvalue weighted by Gasteiger charge is 2.18. The first-order chi connectivity index (χ1) is 9.08. The van der Waals surface area contributed by atoms with E-state index in [1.54, 1.807) is 6.07 Å². The number of nitrogens with zero attached hydrogens (tertiary/aromatic N) is 2. The predicted octanol–water partition coefficient (Wildman–Crippen LogP) is 2.09. The number of hydrogen-bond acceptors (Lipinski definition) is 4. The number of ether oxygens (including phenoxy) is 1. The molecule has 0 spiro atoms. The van der Waals surface area contributed by atoms with Crippen LogP contribution in [-0.4, -0.2) is 42.4 Å². The molecular formula is C14H20N2O3. The number of rotatable bonds is 4. The normalized spacial score (nSPS) is 19.2. The SMILES string of the molecule is Cc1cc(C(=O)O)cnc1N(C)CC1CCCCO1. The van der Waals surface area contributed by atoms with Crippen LogP contribution in [0.3, 0.4) is 0 Å². The lowest BCUT2D eigenvalue weighted by molar-refractivity contribution is 0.0215. The molecule has 5 heteroatoms. The summed E-state index contributed by atoms with van der Waals surface area (Å²) in [6.07, 6.45) is 5.09. The molecule has 1 aromatic rings. The number of aryl methyl sites for hydroxylation is 1. The van der Waals surface area contributed by atoms with Gasteiger partial charge in [0.1, 0.15) is 5.82 Å². The molecule has 1 fully saturated rings. The summed E-state index contributed by atoms with van der Waals surface area (Å²) < 4.78 is 5.71. The van der Waals surface area contributed by atoms with E-state index < -0.39 is 5.97 Å². The number of carboxylic acid groups (broad SMARTS) is 1. The summed E-state index contributed by atoms with van der Waals surface area (Å²) in [7, 11) is 1.97. The second kappa shape index (κ2) is 6.02. The van der Waals surface area contributed by atoms with E-state index in [2.05, 4.69) is 4.98 Å². The van der Waals surface area contributed by atoms with Gasteiger partial charge in [0.15, 0.2) is 0 Å². The summed E-state index contributed by atoms with van der Waals surface area (Å²) in [6, 6.07) is 1.66. The van der Waals surface area contributed by atoms with Gasteiger partial charge in [0.25, 0.3) is 0 Å². The van der Waals surface area contributed by atoms with Gasteiger partial charge in [-0.3, -0.25) is 0 Å². The van der Waals surface area contributed by atoms with Crippen LogP contribution in [0.1, 0.15) is 35.2 Å². The fraction of sp³-hybridized carbons (Fsp3) is 0.571. The topological polar surface area (TPSA) is 62.7 Å². The molecule has 1 atom stereocenters. The highest BCUT2D eigenvalue weighted by molar-refractivity contribution is 5.87. The van der Waals surface area contributed by atoms with Crippen molar-refractivity contribution < 1.29 is 14.6 Å². The van der Waals surface area contributed by atoms with Crippen molar-refractivity contribution in [1.82, 2.24) is 4.98 Å². The average Bonchev–Trinajstić information content (AvgIpc) is 2.39. The lowest BCUT2D eigenvalue weighted by Gasteiger charge is -2.28. The van der Waals surface area contributed by atoms with Crippen LogP contribution in [0.25, 0.3) is 0 Å². The number of aromatic carboxylic acids is 1. The Labute approximate surface area is 113 Å². The second-order valence-electron chi connectivity index (χ2n) is 5.04. The maximum atomic E-state index is 10.9. The summed E-state index contributed by atoms with van der Waals surface area (Å²) in [5, 5.41) is 8.93. The number of hydrogen-bond donors (Lipinski definition) is 1. The second-order valence-corrected chi connectivity index (χ2v) is 5.04. The molecule has 1 unspecified atom stereocenters. The first kappa shape index (κ1) is 13.8. The van der Waals surface area contributed by atoms with Crippen LogP contribution in [0.2, 0.25) is 0 Å². The van der Waals surface area contributed by atoms with Crippen LogP contribution in [0, 0.1) is 6.92 Å². The van der Waals surface area contributed by atoms with Crippen molar-refractivity contribution in [3.05, 3.63) is 23.4 Å². The summed E-state index contributed by atoms with van der Waals surface area (Å²) in [5.41, 5.74) is 1.10. The zero-order valence-electron chi connectivity index (χ0n) is 11.4. The van der Waals surface area contributed by atoms with Crippen LogP contribution < -0.4 is 4.90 Å². The smallest absolute Gasteiger partial charge is 0.337 e. The minimum atomic E-state index is -0.944. The minimum absolute atomic E-state index is 0.226. The van der Waals surface area contributed by atoms with Gasteiger partial charge in [-0.05, 0) is 37.8 Å². The molecule has 0 saturated carbocycles. The molecule has 0 amide bonds. The van der Waals surface area contributed by atoms with Crippen LogP contribution in [0.4, 0.5) is 5.82 Å². The van der Waals surface area contributed by atoms with Crippen molar-refractivity contribution in [3.63, 3.8) is 0 Å². The van der Waals surface area contributed by atoms with Gasteiger partial charge < -0.3 is 14.7 Å². The number of carboxylic acids is 1. The first-order valence-corrected chi connectivity index (χ1v) is 6.60. The van der Waals surface area contributed by atoms with Crippen molar-refractivity contribution in [1.29, 1.82) is 0 Å². The van der Waals surface area contributed by atoms with Crippen LogP contribution >= 0.6 is 0 Å². The maximum absolute atomic E-state index is 10.9. The summed E-state index contributed by atoms with van der Waals surface area (Å²) in [6.45, 7) is 3.51. The van der Waals surface area contributed by atoms with Crippen molar-refractivity contribution >= 4 is 11.8 Å². The molecule has 1 aliphatic rings. The lowest BCUT2D eigenvalue weighted by Crippen LogP contribution is -2.34. The summed E-state index contributed by atoms with van der Waals surface area (Å²) in [4.78, 5) is 17.2. The average molecular weight is 264 g/mol. The van der Waals surface area contributed by atoms with E-state index in [-0.39, 0.29) is 11.7 Å². The Kier molecular flexibility index (Phi) is 4.37. The Hall–Kier alpha value is -1.62. The van der Waals surface area contributed by atoms with Crippen LogP contribution in [-0.2, 0) is 4.74 Å². The monoisotopic (exact) mass is 264 g/mol. The van der Waals surface area contributed by atoms with E-state index in [4.69, 9.17) is 9.84 Å². The van der Waals surface area contributed by atoms with Crippen molar-refractivity contribution in [2.24, 2.45) is 0 Å². The Morgan fingerprint density at radius 2 is 2.37 bits per heavy atom. The van der Waals surface area contributed by atoms with Crippen LogP contribution in [0.5, 0.6) is 0 Å². The fourth-order valence-electron chi connectivity index (χ4n) is 2.43. The third kappa shape index (κ3) is 3.44. The molecule has 2 rings (SSSR count). The fourth-order valence-corrected chi connectivity index (χ4v) is 2.43. The Morgan fingerprint density at radius 3 is 2.95 bits per heavy atom. The van der Waals surface area contributed by atoms with Crippen molar-refractivity contribution in [2.75, 3.05) is 25.1 Å². The largest absolute Gasteiger partial charge is 0.478 e. The number of pyridine rings is 1. The number of carbonyl (C=O) groups is 1. The molecule has 2 heterocycles. The van der Waals surface area contributed by atoms with E-state index in [9.17, 15) is 4.79 Å². The summed E-state index contributed by atoms with van der Waals surface area (Å²) in [5.74, 6) is -0.125. The van der Waals surface area contributed by atoms with Gasteiger partial charge in [-0.15, -0.1) is 0 Å². The third-order valence-electron chi connectivity index (χ3n) is 3.41. The van der Waals surface area contributed by atoms with Gasteiger partial charge in [0, 0.05) is 26.4 Å². The quantitative estimate of drug-likeness (QED) is 0.902. The third-order valence-corrected chi connectivity index (χ3v) is 3.41. The summed E-state index contributed by atoms with van der Waals surface area (Å²) >= 11 is 0. The Morgan fingerprint density at radius 1 is 1.58 bits per heavy atom. The molecule has 1 saturated heterocycles. The van der Waals surface area contributed by atoms with E-state index in [0.29, 0.717) is 0 Å². The number of aromatic nitrogens is 1. The molecule has 1 aliphatic heterocycles. The maximum Gasteiger partial charge on any atom is 0.337 e. The molecule has 1 aromatic heterocycles. The molecule has 19 heavy (non-hydrogen) atoms. The molecule has 0 bridgehead atoms. The Bertz CT molecular complexity index is 456. The molecule has 0 aromatic carbocycles. The van der Waals surface area contributed by atoms with Crippen LogP contribution in [0.15, 0.2) is 12.3 Å². The van der Waals surface area contributed by atoms with Gasteiger partial charge in [-0.1, -0.05) is 0 Å². The minimum Gasteiger partial charge on any atom is -0.478 e. The molecule has 0 radical (unpaired) electrons. The van der Waals surface area contributed by atoms with E-state index in [1.807, 2.05) is 18.9 Å². The van der Waals surface area contributed by atoms with E-state index in [0.717, 1.165) is 37.4 Å². The number of likely N-dealkylation sites (N-methyl/N-ethyl adjacent to an activating group) is 1. The van der Waals surface area contributed by atoms with E-state index in [1.165, 1.54) is 12.6 Å². The highest BCUT2D eigenvalue weighted by Crippen LogP contribution is 2.20. The molecule has 0 aliphatic carbocycles.